The highest BCUT2D eigenvalue weighted by atomic mass is 32.2. The average molecular weight is 175 g/mol. The Bertz CT molecular complexity index is 119. The molecule has 0 spiro atoms. The Labute approximate surface area is 73.0 Å². The van der Waals surface area contributed by atoms with Crippen LogP contribution < -0.4 is 0 Å². The van der Waals surface area contributed by atoms with Crippen molar-refractivity contribution in [2.24, 2.45) is 0 Å². The van der Waals surface area contributed by atoms with Crippen molar-refractivity contribution >= 4 is 11.8 Å². The number of aliphatic hydroxyl groups excluding tert-OH is 1. The highest BCUT2D eigenvalue weighted by Crippen LogP contribution is 2.15. The van der Waals surface area contributed by atoms with Crippen molar-refractivity contribution in [3.63, 3.8) is 0 Å². The van der Waals surface area contributed by atoms with Crippen molar-refractivity contribution in [1.82, 2.24) is 4.90 Å². The molecular weight excluding hydrogens is 158 g/mol. The lowest BCUT2D eigenvalue weighted by Crippen LogP contribution is -2.43. The van der Waals surface area contributed by atoms with E-state index in [1.807, 2.05) is 18.7 Å². The number of hydrogen-bond donors (Lipinski definition) is 1. The molecule has 0 aromatic rings. The summed E-state index contributed by atoms with van der Waals surface area (Å²) in [4.78, 5) is 2.36. The molecule has 3 heteroatoms. The molecule has 0 aromatic heterocycles. The zero-order chi connectivity index (χ0) is 8.27. The third-order valence-electron chi connectivity index (χ3n) is 2.00. The van der Waals surface area contributed by atoms with Crippen LogP contribution in [0.15, 0.2) is 0 Å². The number of β-amino-alcohol motifs (C(OH)–C–C–N with tert-alkyl or cyclic N) is 1. The van der Waals surface area contributed by atoms with Gasteiger partial charge in [-0.15, -0.1) is 0 Å². The van der Waals surface area contributed by atoms with E-state index in [0.717, 1.165) is 13.1 Å². The Morgan fingerprint density at radius 3 is 3.00 bits per heavy atom. The molecule has 1 aliphatic rings. The fourth-order valence-electron chi connectivity index (χ4n) is 1.37. The normalized spacial score (nSPS) is 30.3. The molecule has 2 atom stereocenters. The molecule has 0 aliphatic carbocycles. The molecule has 0 radical (unpaired) electrons. The second-order valence-electron chi connectivity index (χ2n) is 3.27. The molecule has 11 heavy (non-hydrogen) atoms. The van der Waals surface area contributed by atoms with E-state index in [9.17, 15) is 5.11 Å². The number of hydrogen-bond acceptors (Lipinski definition) is 3. The molecule has 0 amide bonds. The van der Waals surface area contributed by atoms with E-state index in [-0.39, 0.29) is 6.10 Å². The second kappa shape index (κ2) is 4.33. The molecule has 0 saturated carbocycles. The summed E-state index contributed by atoms with van der Waals surface area (Å²) in [5.74, 6) is 2.43. The van der Waals surface area contributed by atoms with Crippen molar-refractivity contribution in [2.75, 3.05) is 24.6 Å². The van der Waals surface area contributed by atoms with Gasteiger partial charge in [0, 0.05) is 30.6 Å². The summed E-state index contributed by atoms with van der Waals surface area (Å²) in [5.41, 5.74) is 0. The zero-order valence-electron chi connectivity index (χ0n) is 7.29. The predicted molar refractivity (Wildman–Crippen MR) is 50.0 cm³/mol. The van der Waals surface area contributed by atoms with Gasteiger partial charge in [-0.1, -0.05) is 0 Å². The minimum absolute atomic E-state index is 0.180. The summed E-state index contributed by atoms with van der Waals surface area (Å²) in [6.45, 7) is 6.06. The van der Waals surface area contributed by atoms with Crippen LogP contribution in [-0.2, 0) is 0 Å². The lowest BCUT2D eigenvalue weighted by atomic mass is 10.2. The largest absolute Gasteiger partial charge is 0.392 e. The minimum Gasteiger partial charge on any atom is -0.392 e. The van der Waals surface area contributed by atoms with Crippen LogP contribution in [0.25, 0.3) is 0 Å². The second-order valence-corrected chi connectivity index (χ2v) is 4.42. The van der Waals surface area contributed by atoms with Crippen LogP contribution in [0.5, 0.6) is 0 Å². The van der Waals surface area contributed by atoms with Crippen LogP contribution in [-0.4, -0.2) is 46.7 Å². The van der Waals surface area contributed by atoms with Gasteiger partial charge in [-0.05, 0) is 13.8 Å². The van der Waals surface area contributed by atoms with Gasteiger partial charge < -0.3 is 5.11 Å². The first-order valence-electron chi connectivity index (χ1n) is 4.20. The first kappa shape index (κ1) is 9.36. The molecule has 1 heterocycles. The van der Waals surface area contributed by atoms with Crippen LogP contribution in [0, 0.1) is 0 Å². The molecule has 2 nitrogen and oxygen atoms in total. The summed E-state index contributed by atoms with van der Waals surface area (Å²) >= 11 is 2.01. The third kappa shape index (κ3) is 3.01. The molecule has 0 aromatic carbocycles. The topological polar surface area (TPSA) is 23.5 Å². The fourth-order valence-corrected chi connectivity index (χ4v) is 2.45. The van der Waals surface area contributed by atoms with E-state index in [0.29, 0.717) is 6.04 Å². The van der Waals surface area contributed by atoms with Crippen molar-refractivity contribution in [1.29, 1.82) is 0 Å². The lowest BCUT2D eigenvalue weighted by Gasteiger charge is -2.33. The maximum atomic E-state index is 9.17. The maximum Gasteiger partial charge on any atom is 0.0639 e. The van der Waals surface area contributed by atoms with E-state index >= 15 is 0 Å². The summed E-state index contributed by atoms with van der Waals surface area (Å²) < 4.78 is 0. The van der Waals surface area contributed by atoms with Gasteiger partial charge in [-0.3, -0.25) is 4.90 Å². The smallest absolute Gasteiger partial charge is 0.0639 e. The number of nitrogens with zero attached hydrogens (tertiary/aromatic N) is 1. The summed E-state index contributed by atoms with van der Waals surface area (Å²) in [6, 6.07) is 0.642. The van der Waals surface area contributed by atoms with Crippen molar-refractivity contribution in [3.8, 4) is 0 Å². The Morgan fingerprint density at radius 2 is 2.45 bits per heavy atom. The molecule has 2 unspecified atom stereocenters. The highest BCUT2D eigenvalue weighted by molar-refractivity contribution is 7.99. The number of rotatable bonds is 2. The Morgan fingerprint density at radius 1 is 1.73 bits per heavy atom. The van der Waals surface area contributed by atoms with Gasteiger partial charge in [0.05, 0.1) is 6.10 Å². The van der Waals surface area contributed by atoms with E-state index in [1.165, 1.54) is 11.5 Å². The Hall–Kier alpha value is 0.270. The number of thioether (sulfide) groups is 1. The molecule has 0 bridgehead atoms. The molecular formula is C8H17NOS. The van der Waals surface area contributed by atoms with Crippen LogP contribution in [0.2, 0.25) is 0 Å². The maximum absolute atomic E-state index is 9.17. The number of aliphatic hydroxyl groups is 1. The van der Waals surface area contributed by atoms with Gasteiger partial charge in [-0.25, -0.2) is 0 Å². The third-order valence-corrected chi connectivity index (χ3v) is 3.19. The molecule has 1 aliphatic heterocycles. The van der Waals surface area contributed by atoms with Crippen molar-refractivity contribution in [2.45, 2.75) is 26.0 Å². The van der Waals surface area contributed by atoms with Crippen LogP contribution in [0.3, 0.4) is 0 Å². The van der Waals surface area contributed by atoms with Gasteiger partial charge in [0.1, 0.15) is 0 Å². The van der Waals surface area contributed by atoms with E-state index < -0.39 is 0 Å². The lowest BCUT2D eigenvalue weighted by molar-refractivity contribution is 0.111. The highest BCUT2D eigenvalue weighted by Gasteiger charge is 2.18. The molecule has 66 valence electrons. The molecule has 1 saturated heterocycles. The van der Waals surface area contributed by atoms with Gasteiger partial charge in [0.15, 0.2) is 0 Å². The van der Waals surface area contributed by atoms with Crippen LogP contribution in [0.1, 0.15) is 13.8 Å². The zero-order valence-corrected chi connectivity index (χ0v) is 8.10. The summed E-state index contributed by atoms with van der Waals surface area (Å²) in [5, 5.41) is 9.17. The van der Waals surface area contributed by atoms with Gasteiger partial charge in [0.2, 0.25) is 0 Å². The van der Waals surface area contributed by atoms with Crippen LogP contribution >= 0.6 is 11.8 Å². The Balaban J connectivity index is 2.29. The average Bonchev–Trinajstić information content (AvgIpc) is 1.93. The minimum atomic E-state index is -0.180. The van der Waals surface area contributed by atoms with E-state index in [4.69, 9.17) is 0 Å². The van der Waals surface area contributed by atoms with Crippen LogP contribution in [0.4, 0.5) is 0 Å². The fraction of sp³-hybridized carbons (Fsp3) is 1.00. The SMILES string of the molecule is CC(O)CN1CCSCC1C. The summed E-state index contributed by atoms with van der Waals surface area (Å²) in [6.07, 6.45) is -0.180. The quantitative estimate of drug-likeness (QED) is 0.671. The predicted octanol–water partition coefficient (Wildman–Crippen LogP) is 0.805. The van der Waals surface area contributed by atoms with E-state index in [1.54, 1.807) is 0 Å². The molecule has 1 fully saturated rings. The molecule has 1 N–H and O–H groups in total. The standard InChI is InChI=1S/C8H17NOS/c1-7-6-11-4-3-9(7)5-8(2)10/h7-8,10H,3-6H2,1-2H3. The van der Waals surface area contributed by atoms with Crippen molar-refractivity contribution < 1.29 is 5.11 Å². The Kier molecular flexibility index (Phi) is 3.69. The molecule has 1 rings (SSSR count). The van der Waals surface area contributed by atoms with E-state index in [2.05, 4.69) is 11.8 Å². The first-order valence-corrected chi connectivity index (χ1v) is 5.35. The first-order chi connectivity index (χ1) is 5.20. The van der Waals surface area contributed by atoms with Gasteiger partial charge in [0.25, 0.3) is 0 Å². The van der Waals surface area contributed by atoms with Gasteiger partial charge in [-0.2, -0.15) is 11.8 Å². The monoisotopic (exact) mass is 175 g/mol. The summed E-state index contributed by atoms with van der Waals surface area (Å²) in [7, 11) is 0. The van der Waals surface area contributed by atoms with Crippen molar-refractivity contribution in [3.05, 3.63) is 0 Å². The van der Waals surface area contributed by atoms with Gasteiger partial charge >= 0.3 is 0 Å².